The third-order valence-electron chi connectivity index (χ3n) is 3.31. The van der Waals surface area contributed by atoms with Gasteiger partial charge in [0, 0.05) is 18.1 Å². The Morgan fingerprint density at radius 2 is 2.08 bits per heavy atom. The first-order valence-electron chi connectivity index (χ1n) is 7.72. The number of nitrogens with zero attached hydrogens (tertiary/aromatic N) is 2. The lowest BCUT2D eigenvalue weighted by molar-refractivity contribution is -0.121. The molecular weight excluding hydrogens is 358 g/mol. The number of thiophene rings is 1. The molecule has 2 heterocycles. The van der Waals surface area contributed by atoms with Crippen LogP contribution < -0.4 is 11.1 Å². The molecule has 0 radical (unpaired) electrons. The number of rotatable bonds is 8. The van der Waals surface area contributed by atoms with Gasteiger partial charge < -0.3 is 9.73 Å². The molecule has 0 fully saturated rings. The Balaban J connectivity index is 1.41. The Labute approximate surface area is 152 Å². The number of thioether (sulfide) groups is 1. The van der Waals surface area contributed by atoms with E-state index in [1.54, 1.807) is 11.8 Å². The molecule has 0 unspecified atom stereocenters. The second-order valence-corrected chi connectivity index (χ2v) is 7.25. The SMILES string of the molecule is O=C(Cn1nc(-c2cccs2)oc1=O)NCCSCc1ccccc1. The fraction of sp³-hybridized carbons (Fsp3) is 0.235. The molecule has 0 saturated heterocycles. The summed E-state index contributed by atoms with van der Waals surface area (Å²) >= 11 is 3.17. The van der Waals surface area contributed by atoms with Crippen LogP contribution in [0.2, 0.25) is 0 Å². The smallest absolute Gasteiger partial charge is 0.387 e. The highest BCUT2D eigenvalue weighted by Gasteiger charge is 2.13. The Bertz CT molecular complexity index is 857. The normalized spacial score (nSPS) is 10.7. The van der Waals surface area contributed by atoms with E-state index >= 15 is 0 Å². The average molecular weight is 375 g/mol. The second-order valence-electron chi connectivity index (χ2n) is 5.20. The van der Waals surface area contributed by atoms with E-state index in [1.165, 1.54) is 16.9 Å². The van der Waals surface area contributed by atoms with Gasteiger partial charge in [-0.25, -0.2) is 4.79 Å². The Hall–Kier alpha value is -2.32. The molecule has 0 saturated carbocycles. The Kier molecular flexibility index (Phi) is 6.08. The van der Waals surface area contributed by atoms with E-state index in [-0.39, 0.29) is 18.3 Å². The molecule has 0 aliphatic rings. The maximum Gasteiger partial charge on any atom is 0.437 e. The molecule has 0 atom stereocenters. The minimum atomic E-state index is -0.628. The summed E-state index contributed by atoms with van der Waals surface area (Å²) in [5.41, 5.74) is 1.26. The van der Waals surface area contributed by atoms with Gasteiger partial charge in [-0.2, -0.15) is 16.4 Å². The predicted molar refractivity (Wildman–Crippen MR) is 99.7 cm³/mol. The third-order valence-corrected chi connectivity index (χ3v) is 5.20. The van der Waals surface area contributed by atoms with Gasteiger partial charge in [-0.1, -0.05) is 36.4 Å². The first-order valence-corrected chi connectivity index (χ1v) is 9.76. The van der Waals surface area contributed by atoms with Gasteiger partial charge in [-0.3, -0.25) is 4.79 Å². The van der Waals surface area contributed by atoms with Gasteiger partial charge in [0.15, 0.2) is 0 Å². The van der Waals surface area contributed by atoms with Gasteiger partial charge in [0.25, 0.3) is 5.89 Å². The quantitative estimate of drug-likeness (QED) is 0.613. The highest BCUT2D eigenvalue weighted by molar-refractivity contribution is 7.98. The van der Waals surface area contributed by atoms with E-state index in [9.17, 15) is 9.59 Å². The monoisotopic (exact) mass is 375 g/mol. The molecule has 130 valence electrons. The molecular formula is C17H17N3O3S2. The molecule has 6 nitrogen and oxygen atoms in total. The number of carbonyl (C=O) groups is 1. The molecule has 1 amide bonds. The summed E-state index contributed by atoms with van der Waals surface area (Å²) in [7, 11) is 0. The minimum Gasteiger partial charge on any atom is -0.387 e. The Morgan fingerprint density at radius 3 is 2.84 bits per heavy atom. The maximum absolute atomic E-state index is 11.9. The van der Waals surface area contributed by atoms with Crippen LogP contribution in [-0.2, 0) is 17.1 Å². The average Bonchev–Trinajstić information content (AvgIpc) is 3.26. The van der Waals surface area contributed by atoms with Gasteiger partial charge in [0.05, 0.1) is 4.88 Å². The van der Waals surface area contributed by atoms with E-state index in [2.05, 4.69) is 22.5 Å². The number of hydrogen-bond donors (Lipinski definition) is 1. The zero-order valence-electron chi connectivity index (χ0n) is 13.4. The van der Waals surface area contributed by atoms with Crippen molar-refractivity contribution >= 4 is 29.0 Å². The minimum absolute atomic E-state index is 0.142. The summed E-state index contributed by atoms with van der Waals surface area (Å²) in [6.07, 6.45) is 0. The fourth-order valence-corrected chi connectivity index (χ4v) is 3.59. The van der Waals surface area contributed by atoms with E-state index in [0.29, 0.717) is 6.54 Å². The topological polar surface area (TPSA) is 77.1 Å². The van der Waals surface area contributed by atoms with Crippen LogP contribution in [0, 0.1) is 0 Å². The molecule has 3 aromatic rings. The lowest BCUT2D eigenvalue weighted by Crippen LogP contribution is -2.32. The predicted octanol–water partition coefficient (Wildman–Crippen LogP) is 2.61. The molecule has 0 bridgehead atoms. The summed E-state index contributed by atoms with van der Waals surface area (Å²) in [5, 5.41) is 8.72. The molecule has 1 N–H and O–H groups in total. The van der Waals surface area contributed by atoms with Crippen LogP contribution in [0.3, 0.4) is 0 Å². The van der Waals surface area contributed by atoms with Crippen molar-refractivity contribution in [1.29, 1.82) is 0 Å². The van der Waals surface area contributed by atoms with Crippen molar-refractivity contribution in [3.63, 3.8) is 0 Å². The van der Waals surface area contributed by atoms with E-state index in [1.807, 2.05) is 35.7 Å². The van der Waals surface area contributed by atoms with Gasteiger partial charge in [0.1, 0.15) is 6.54 Å². The zero-order valence-corrected chi connectivity index (χ0v) is 15.0. The Morgan fingerprint density at radius 1 is 1.24 bits per heavy atom. The van der Waals surface area contributed by atoms with E-state index in [0.717, 1.165) is 21.1 Å². The number of amides is 1. The number of nitrogens with one attached hydrogen (secondary N) is 1. The highest BCUT2D eigenvalue weighted by atomic mass is 32.2. The number of aromatic nitrogens is 2. The molecule has 0 aliphatic heterocycles. The van der Waals surface area contributed by atoms with Crippen molar-refractivity contribution < 1.29 is 9.21 Å². The van der Waals surface area contributed by atoms with Crippen LogP contribution in [0.5, 0.6) is 0 Å². The van der Waals surface area contributed by atoms with Crippen molar-refractivity contribution in [2.24, 2.45) is 0 Å². The van der Waals surface area contributed by atoms with Crippen molar-refractivity contribution in [2.45, 2.75) is 12.3 Å². The van der Waals surface area contributed by atoms with Crippen LogP contribution in [0.15, 0.2) is 57.1 Å². The first kappa shape index (κ1) is 17.5. The van der Waals surface area contributed by atoms with Crippen molar-refractivity contribution in [2.75, 3.05) is 12.3 Å². The van der Waals surface area contributed by atoms with Gasteiger partial charge in [-0.15, -0.1) is 16.4 Å². The summed E-state index contributed by atoms with van der Waals surface area (Å²) in [6, 6.07) is 13.8. The van der Waals surface area contributed by atoms with Gasteiger partial charge >= 0.3 is 5.76 Å². The molecule has 3 rings (SSSR count). The summed E-state index contributed by atoms with van der Waals surface area (Å²) < 4.78 is 6.12. The maximum atomic E-state index is 11.9. The lowest BCUT2D eigenvalue weighted by Gasteiger charge is -2.04. The van der Waals surface area contributed by atoms with Crippen LogP contribution >= 0.6 is 23.1 Å². The molecule has 2 aromatic heterocycles. The standard InChI is InChI=1S/C17H17N3O3S2/c21-15(18-8-10-24-12-13-5-2-1-3-6-13)11-20-17(22)23-16(19-20)14-7-4-9-25-14/h1-7,9H,8,10-12H2,(H,18,21). The molecule has 0 aliphatic carbocycles. The van der Waals surface area contributed by atoms with E-state index in [4.69, 9.17) is 4.42 Å². The molecule has 0 spiro atoms. The summed E-state index contributed by atoms with van der Waals surface area (Å²) in [6.45, 7) is 0.401. The van der Waals surface area contributed by atoms with Crippen LogP contribution in [0.4, 0.5) is 0 Å². The first-order chi connectivity index (χ1) is 12.2. The third kappa shape index (κ3) is 5.07. The number of carbonyl (C=O) groups excluding carboxylic acids is 1. The largest absolute Gasteiger partial charge is 0.437 e. The van der Waals surface area contributed by atoms with E-state index < -0.39 is 5.76 Å². The van der Waals surface area contributed by atoms with Crippen LogP contribution in [0.1, 0.15) is 5.56 Å². The van der Waals surface area contributed by atoms with Crippen LogP contribution in [0.25, 0.3) is 10.8 Å². The van der Waals surface area contributed by atoms with Gasteiger partial charge in [0.2, 0.25) is 5.91 Å². The highest BCUT2D eigenvalue weighted by Crippen LogP contribution is 2.20. The molecule has 1 aromatic carbocycles. The molecule has 25 heavy (non-hydrogen) atoms. The molecule has 8 heteroatoms. The summed E-state index contributed by atoms with van der Waals surface area (Å²) in [5.74, 6) is 1.06. The zero-order chi connectivity index (χ0) is 17.5. The van der Waals surface area contributed by atoms with Crippen molar-refractivity contribution in [1.82, 2.24) is 15.1 Å². The van der Waals surface area contributed by atoms with Crippen LogP contribution in [-0.4, -0.2) is 28.0 Å². The fourth-order valence-electron chi connectivity index (χ4n) is 2.12. The number of hydrogen-bond acceptors (Lipinski definition) is 6. The second kappa shape index (κ2) is 8.68. The number of benzene rings is 1. The summed E-state index contributed by atoms with van der Waals surface area (Å²) in [4.78, 5) is 24.5. The van der Waals surface area contributed by atoms with Crippen molar-refractivity contribution in [3.8, 4) is 10.8 Å². The van der Waals surface area contributed by atoms with Crippen molar-refractivity contribution in [3.05, 3.63) is 64.0 Å². The lowest BCUT2D eigenvalue weighted by atomic mass is 10.2. The van der Waals surface area contributed by atoms with Gasteiger partial charge in [-0.05, 0) is 17.0 Å².